The van der Waals surface area contributed by atoms with E-state index in [1.165, 1.54) is 24.8 Å². The van der Waals surface area contributed by atoms with Crippen molar-refractivity contribution >= 4 is 5.97 Å². The van der Waals surface area contributed by atoms with E-state index in [0.29, 0.717) is 11.5 Å². The number of carboxylic acid groups (broad SMARTS) is 1. The number of unbranched alkanes of at least 4 members (excludes halogenated alkanes) is 1. The molecule has 2 nitrogen and oxygen atoms in total. The molecule has 0 bridgehead atoms. The highest BCUT2D eigenvalue weighted by atomic mass is 16.4. The number of allylic oxidation sites excluding steroid dienone is 2. The fourth-order valence-electron chi connectivity index (χ4n) is 2.09. The molecular weight excluding hydrogens is 224 g/mol. The van der Waals surface area contributed by atoms with Gasteiger partial charge in [0.05, 0.1) is 5.56 Å². The number of aromatic carboxylic acids is 1. The van der Waals surface area contributed by atoms with Gasteiger partial charge in [-0.1, -0.05) is 44.1 Å². The van der Waals surface area contributed by atoms with E-state index in [0.717, 1.165) is 6.42 Å². The van der Waals surface area contributed by atoms with Gasteiger partial charge < -0.3 is 5.11 Å². The molecule has 0 saturated heterocycles. The number of carboxylic acids is 1. The minimum atomic E-state index is -0.863. The van der Waals surface area contributed by atoms with E-state index >= 15 is 0 Å². The molecule has 0 aliphatic heterocycles. The molecule has 2 heteroatoms. The van der Waals surface area contributed by atoms with Crippen molar-refractivity contribution in [3.05, 3.63) is 47.5 Å². The SMILES string of the molecule is C/C=C\C(CCCC)Cc1ccc(C(=O)O)cc1. The van der Waals surface area contributed by atoms with Gasteiger partial charge in [-0.25, -0.2) is 4.79 Å². The van der Waals surface area contributed by atoms with Crippen molar-refractivity contribution in [2.75, 3.05) is 0 Å². The fraction of sp³-hybridized carbons (Fsp3) is 0.438. The zero-order chi connectivity index (χ0) is 13.4. The minimum absolute atomic E-state index is 0.356. The van der Waals surface area contributed by atoms with Gasteiger partial charge in [-0.3, -0.25) is 0 Å². The smallest absolute Gasteiger partial charge is 0.335 e. The first kappa shape index (κ1) is 14.5. The number of rotatable bonds is 7. The van der Waals surface area contributed by atoms with Crippen LogP contribution < -0.4 is 0 Å². The molecule has 0 heterocycles. The Bertz CT molecular complexity index is 390. The predicted octanol–water partition coefficient (Wildman–Crippen LogP) is 4.31. The first-order chi connectivity index (χ1) is 8.67. The first-order valence-electron chi connectivity index (χ1n) is 6.62. The molecule has 1 unspecified atom stereocenters. The van der Waals surface area contributed by atoms with E-state index in [1.54, 1.807) is 12.1 Å². The molecule has 0 fully saturated rings. The molecule has 1 aromatic carbocycles. The lowest BCUT2D eigenvalue weighted by atomic mass is 9.93. The summed E-state index contributed by atoms with van der Waals surface area (Å²) in [6.07, 6.45) is 8.99. The van der Waals surface area contributed by atoms with E-state index in [9.17, 15) is 4.79 Å². The predicted molar refractivity (Wildman–Crippen MR) is 74.9 cm³/mol. The molecule has 0 aliphatic carbocycles. The molecule has 1 N–H and O–H groups in total. The summed E-state index contributed by atoms with van der Waals surface area (Å²) in [5, 5.41) is 8.85. The molecule has 0 aliphatic rings. The van der Waals surface area contributed by atoms with Crippen LogP contribution in [-0.2, 0) is 6.42 Å². The second-order valence-corrected chi connectivity index (χ2v) is 4.63. The number of hydrogen-bond acceptors (Lipinski definition) is 1. The van der Waals surface area contributed by atoms with E-state index in [-0.39, 0.29) is 0 Å². The van der Waals surface area contributed by atoms with Gasteiger partial charge in [0.25, 0.3) is 0 Å². The van der Waals surface area contributed by atoms with Gasteiger partial charge in [0.1, 0.15) is 0 Å². The van der Waals surface area contributed by atoms with Crippen LogP contribution >= 0.6 is 0 Å². The maximum absolute atomic E-state index is 10.8. The number of benzene rings is 1. The summed E-state index contributed by atoms with van der Waals surface area (Å²) in [7, 11) is 0. The molecule has 0 saturated carbocycles. The van der Waals surface area contributed by atoms with Gasteiger partial charge in [-0.2, -0.15) is 0 Å². The largest absolute Gasteiger partial charge is 0.478 e. The lowest BCUT2D eigenvalue weighted by Crippen LogP contribution is -2.02. The molecular formula is C16H22O2. The summed E-state index contributed by atoms with van der Waals surface area (Å²) < 4.78 is 0. The van der Waals surface area contributed by atoms with Gasteiger partial charge >= 0.3 is 5.97 Å². The highest BCUT2D eigenvalue weighted by molar-refractivity contribution is 5.87. The molecule has 1 atom stereocenters. The lowest BCUT2D eigenvalue weighted by Gasteiger charge is -2.12. The average molecular weight is 246 g/mol. The normalized spacial score (nSPS) is 12.8. The van der Waals surface area contributed by atoms with Crippen molar-refractivity contribution in [3.63, 3.8) is 0 Å². The Labute approximate surface area is 109 Å². The van der Waals surface area contributed by atoms with Crippen LogP contribution in [0.3, 0.4) is 0 Å². The highest BCUT2D eigenvalue weighted by Gasteiger charge is 2.07. The topological polar surface area (TPSA) is 37.3 Å². The number of hydrogen-bond donors (Lipinski definition) is 1. The molecule has 18 heavy (non-hydrogen) atoms. The van der Waals surface area contributed by atoms with Crippen LogP contribution in [0.5, 0.6) is 0 Å². The van der Waals surface area contributed by atoms with Crippen LogP contribution in [0.1, 0.15) is 49.0 Å². The van der Waals surface area contributed by atoms with E-state index in [4.69, 9.17) is 5.11 Å². The second-order valence-electron chi connectivity index (χ2n) is 4.63. The Hall–Kier alpha value is -1.57. The molecule has 0 radical (unpaired) electrons. The average Bonchev–Trinajstić information content (AvgIpc) is 2.37. The third kappa shape index (κ3) is 4.74. The van der Waals surface area contributed by atoms with Crippen molar-refractivity contribution in [3.8, 4) is 0 Å². The Morgan fingerprint density at radius 3 is 2.50 bits per heavy atom. The van der Waals surface area contributed by atoms with Crippen LogP contribution in [0.4, 0.5) is 0 Å². The van der Waals surface area contributed by atoms with Crippen LogP contribution in [0, 0.1) is 5.92 Å². The van der Waals surface area contributed by atoms with Crippen molar-refractivity contribution in [1.29, 1.82) is 0 Å². The second kappa shape index (κ2) is 7.70. The van der Waals surface area contributed by atoms with Gasteiger partial charge in [0.2, 0.25) is 0 Å². The van der Waals surface area contributed by atoms with Crippen molar-refractivity contribution in [2.24, 2.45) is 5.92 Å². The highest BCUT2D eigenvalue weighted by Crippen LogP contribution is 2.17. The van der Waals surface area contributed by atoms with Crippen LogP contribution in [0.2, 0.25) is 0 Å². The Morgan fingerprint density at radius 1 is 1.33 bits per heavy atom. The number of carbonyl (C=O) groups is 1. The molecule has 1 aromatic rings. The zero-order valence-electron chi connectivity index (χ0n) is 11.2. The molecule has 0 spiro atoms. The summed E-state index contributed by atoms with van der Waals surface area (Å²) in [5.41, 5.74) is 1.56. The van der Waals surface area contributed by atoms with Crippen LogP contribution in [-0.4, -0.2) is 11.1 Å². The maximum atomic E-state index is 10.8. The van der Waals surface area contributed by atoms with Crippen molar-refractivity contribution in [2.45, 2.75) is 39.5 Å². The van der Waals surface area contributed by atoms with E-state index < -0.39 is 5.97 Å². The maximum Gasteiger partial charge on any atom is 0.335 e. The summed E-state index contributed by atoms with van der Waals surface area (Å²) >= 11 is 0. The summed E-state index contributed by atoms with van der Waals surface area (Å²) in [6.45, 7) is 4.25. The third-order valence-electron chi connectivity index (χ3n) is 3.09. The van der Waals surface area contributed by atoms with E-state index in [1.807, 2.05) is 19.1 Å². The van der Waals surface area contributed by atoms with Crippen molar-refractivity contribution < 1.29 is 9.90 Å². The fourth-order valence-corrected chi connectivity index (χ4v) is 2.09. The quantitative estimate of drug-likeness (QED) is 0.728. The summed E-state index contributed by atoms with van der Waals surface area (Å²) in [5.74, 6) is -0.303. The van der Waals surface area contributed by atoms with E-state index in [2.05, 4.69) is 19.1 Å². The van der Waals surface area contributed by atoms with Gasteiger partial charge in [0.15, 0.2) is 0 Å². The zero-order valence-corrected chi connectivity index (χ0v) is 11.2. The Balaban J connectivity index is 2.65. The van der Waals surface area contributed by atoms with Gasteiger partial charge in [-0.05, 0) is 43.4 Å². The molecule has 98 valence electrons. The first-order valence-corrected chi connectivity index (χ1v) is 6.62. The molecule has 0 aromatic heterocycles. The van der Waals surface area contributed by atoms with Crippen molar-refractivity contribution in [1.82, 2.24) is 0 Å². The molecule has 0 amide bonds. The molecule has 1 rings (SSSR count). The monoisotopic (exact) mass is 246 g/mol. The Kier molecular flexibility index (Phi) is 6.20. The summed E-state index contributed by atoms with van der Waals surface area (Å²) in [6, 6.07) is 7.21. The van der Waals surface area contributed by atoms with Gasteiger partial charge in [-0.15, -0.1) is 0 Å². The standard InChI is InChI=1S/C16H22O2/c1-3-5-7-13(6-4-2)12-14-8-10-15(11-9-14)16(17)18/h4,6,8-11,13H,3,5,7,12H2,1-2H3,(H,17,18)/b6-4-. The van der Waals surface area contributed by atoms with Gasteiger partial charge in [0, 0.05) is 0 Å². The van der Waals surface area contributed by atoms with Crippen LogP contribution in [0.15, 0.2) is 36.4 Å². The lowest BCUT2D eigenvalue weighted by molar-refractivity contribution is 0.0697. The third-order valence-corrected chi connectivity index (χ3v) is 3.09. The summed E-state index contributed by atoms with van der Waals surface area (Å²) in [4.78, 5) is 10.8. The Morgan fingerprint density at radius 2 is 2.00 bits per heavy atom. The minimum Gasteiger partial charge on any atom is -0.478 e. The van der Waals surface area contributed by atoms with Crippen LogP contribution in [0.25, 0.3) is 0 Å².